The van der Waals surface area contributed by atoms with E-state index in [0.29, 0.717) is 5.56 Å². The van der Waals surface area contributed by atoms with Gasteiger partial charge in [-0.15, -0.1) is 0 Å². The summed E-state index contributed by atoms with van der Waals surface area (Å²) in [5.74, 6) is -1.21. The summed E-state index contributed by atoms with van der Waals surface area (Å²) in [7, 11) is -3.88. The molecule has 136 valence electrons. The third kappa shape index (κ3) is 4.83. The van der Waals surface area contributed by atoms with E-state index in [-0.39, 0.29) is 11.3 Å². The van der Waals surface area contributed by atoms with Crippen LogP contribution in [0.2, 0.25) is 0 Å². The third-order valence-corrected chi connectivity index (χ3v) is 4.85. The van der Waals surface area contributed by atoms with Crippen molar-refractivity contribution in [3.8, 4) is 11.1 Å². The van der Waals surface area contributed by atoms with E-state index < -0.39 is 16.0 Å². The number of rotatable bonds is 6. The Labute approximate surface area is 157 Å². The van der Waals surface area contributed by atoms with E-state index in [0.717, 1.165) is 16.5 Å². The van der Waals surface area contributed by atoms with E-state index in [1.54, 1.807) is 30.3 Å². The number of benzene rings is 3. The summed E-state index contributed by atoms with van der Waals surface area (Å²) in [5.41, 5.74) is 2.19. The molecule has 0 spiro atoms. The molecule has 6 heteroatoms. The maximum absolute atomic E-state index is 12.4. The summed E-state index contributed by atoms with van der Waals surface area (Å²) < 4.78 is 27.2. The summed E-state index contributed by atoms with van der Waals surface area (Å²) in [5, 5.41) is 10.4. The maximum Gasteiger partial charge on any atom is 0.337 e. The molecule has 0 radical (unpaired) electrons. The molecule has 3 aromatic rings. The summed E-state index contributed by atoms with van der Waals surface area (Å²) in [4.78, 5) is 11.5. The lowest BCUT2D eigenvalue weighted by molar-refractivity contribution is 0.0698. The minimum atomic E-state index is -3.88. The van der Waals surface area contributed by atoms with Gasteiger partial charge in [0.25, 0.3) is 10.0 Å². The van der Waals surface area contributed by atoms with E-state index in [9.17, 15) is 18.3 Å². The van der Waals surface area contributed by atoms with Crippen LogP contribution in [0, 0.1) is 0 Å². The molecule has 0 unspecified atom stereocenters. The molecule has 0 aliphatic carbocycles. The number of anilines is 1. The molecule has 5 nitrogen and oxygen atoms in total. The Balaban J connectivity index is 1.94. The van der Waals surface area contributed by atoms with Crippen LogP contribution < -0.4 is 4.72 Å². The second kappa shape index (κ2) is 7.88. The predicted octanol–water partition coefficient (Wildman–Crippen LogP) is 4.46. The van der Waals surface area contributed by atoms with Gasteiger partial charge in [0, 0.05) is 0 Å². The Morgan fingerprint density at radius 3 is 2.11 bits per heavy atom. The summed E-state index contributed by atoms with van der Waals surface area (Å²) in [6.07, 6.45) is 1.45. The van der Waals surface area contributed by atoms with Gasteiger partial charge in [0.1, 0.15) is 0 Å². The Morgan fingerprint density at radius 2 is 1.48 bits per heavy atom. The van der Waals surface area contributed by atoms with Crippen molar-refractivity contribution in [2.24, 2.45) is 0 Å². The Hall–Kier alpha value is -3.38. The second-order valence-electron chi connectivity index (χ2n) is 5.79. The Bertz CT molecular complexity index is 1080. The molecule has 0 atom stereocenters. The monoisotopic (exact) mass is 379 g/mol. The van der Waals surface area contributed by atoms with Crippen molar-refractivity contribution in [3.63, 3.8) is 0 Å². The number of nitrogens with one attached hydrogen (secondary N) is 1. The molecular formula is C21H17NO4S. The Morgan fingerprint density at radius 1 is 0.852 bits per heavy atom. The number of hydrogen-bond donors (Lipinski definition) is 2. The van der Waals surface area contributed by atoms with Crippen molar-refractivity contribution < 1.29 is 18.3 Å². The normalized spacial score (nSPS) is 11.4. The molecule has 3 rings (SSSR count). The molecule has 0 bridgehead atoms. The van der Waals surface area contributed by atoms with Crippen LogP contribution in [0.3, 0.4) is 0 Å². The van der Waals surface area contributed by atoms with Crippen molar-refractivity contribution >= 4 is 27.8 Å². The SMILES string of the molecule is O=C(O)c1ccc(-c2ccccc2)cc1NS(=O)(=O)/C=C/c1ccccc1. The number of carboxylic acids is 1. The molecule has 2 N–H and O–H groups in total. The molecule has 0 amide bonds. The van der Waals surface area contributed by atoms with Crippen LogP contribution in [0.1, 0.15) is 15.9 Å². The van der Waals surface area contributed by atoms with Crippen LogP contribution in [-0.2, 0) is 10.0 Å². The zero-order chi connectivity index (χ0) is 19.3. The van der Waals surface area contributed by atoms with Gasteiger partial charge in [-0.1, -0.05) is 66.7 Å². The topological polar surface area (TPSA) is 83.5 Å². The van der Waals surface area contributed by atoms with Crippen molar-refractivity contribution in [1.29, 1.82) is 0 Å². The second-order valence-corrected chi connectivity index (χ2v) is 7.36. The zero-order valence-corrected chi connectivity index (χ0v) is 15.1. The van der Waals surface area contributed by atoms with E-state index in [2.05, 4.69) is 4.72 Å². The quantitative estimate of drug-likeness (QED) is 0.662. The number of hydrogen-bond acceptors (Lipinski definition) is 3. The molecule has 0 aromatic heterocycles. The highest BCUT2D eigenvalue weighted by Crippen LogP contribution is 2.27. The molecule has 0 heterocycles. The van der Waals surface area contributed by atoms with Gasteiger partial charge < -0.3 is 5.11 Å². The van der Waals surface area contributed by atoms with Crippen molar-refractivity contribution in [1.82, 2.24) is 0 Å². The van der Waals surface area contributed by atoms with Crippen LogP contribution in [0.5, 0.6) is 0 Å². The first-order chi connectivity index (χ1) is 12.9. The lowest BCUT2D eigenvalue weighted by atomic mass is 10.0. The minimum absolute atomic E-state index is 0.0153. The number of carboxylic acid groups (broad SMARTS) is 1. The predicted molar refractivity (Wildman–Crippen MR) is 107 cm³/mol. The minimum Gasteiger partial charge on any atom is -0.478 e. The molecule has 3 aromatic carbocycles. The van der Waals surface area contributed by atoms with E-state index in [4.69, 9.17) is 0 Å². The van der Waals surface area contributed by atoms with Gasteiger partial charge in [-0.25, -0.2) is 13.2 Å². The van der Waals surface area contributed by atoms with Gasteiger partial charge in [0.2, 0.25) is 0 Å². The number of sulfonamides is 1. The average molecular weight is 379 g/mol. The van der Waals surface area contributed by atoms with Gasteiger partial charge in [-0.05, 0) is 34.9 Å². The first-order valence-corrected chi connectivity index (χ1v) is 9.68. The number of aromatic carboxylic acids is 1. The molecule has 0 saturated carbocycles. The van der Waals surface area contributed by atoms with Gasteiger partial charge >= 0.3 is 5.97 Å². The van der Waals surface area contributed by atoms with Gasteiger partial charge in [0.15, 0.2) is 0 Å². The van der Waals surface area contributed by atoms with Gasteiger partial charge in [-0.2, -0.15) is 0 Å². The smallest absolute Gasteiger partial charge is 0.337 e. The molecule has 27 heavy (non-hydrogen) atoms. The van der Waals surface area contributed by atoms with Crippen molar-refractivity contribution in [2.75, 3.05) is 4.72 Å². The molecule has 0 saturated heterocycles. The number of carbonyl (C=O) groups is 1. The van der Waals surface area contributed by atoms with E-state index in [1.807, 2.05) is 36.4 Å². The highest BCUT2D eigenvalue weighted by molar-refractivity contribution is 7.95. The first kappa shape index (κ1) is 18.4. The van der Waals surface area contributed by atoms with Crippen LogP contribution in [0.15, 0.2) is 84.3 Å². The van der Waals surface area contributed by atoms with Crippen molar-refractivity contribution in [2.45, 2.75) is 0 Å². The standard InChI is InChI=1S/C21H17NO4S/c23-21(24)19-12-11-18(17-9-5-2-6-10-17)15-20(19)22-27(25,26)14-13-16-7-3-1-4-8-16/h1-15,22H,(H,23,24)/b14-13+. The van der Waals surface area contributed by atoms with Crippen LogP contribution in [-0.4, -0.2) is 19.5 Å². The lowest BCUT2D eigenvalue weighted by Crippen LogP contribution is -2.12. The lowest BCUT2D eigenvalue weighted by Gasteiger charge is -2.11. The molecule has 0 aliphatic rings. The third-order valence-electron chi connectivity index (χ3n) is 3.85. The fourth-order valence-corrected chi connectivity index (χ4v) is 3.42. The summed E-state index contributed by atoms with van der Waals surface area (Å²) in [6, 6.07) is 22.8. The van der Waals surface area contributed by atoms with Gasteiger partial charge in [0.05, 0.1) is 16.7 Å². The van der Waals surface area contributed by atoms with E-state index >= 15 is 0 Å². The molecule has 0 fully saturated rings. The van der Waals surface area contributed by atoms with Crippen LogP contribution >= 0.6 is 0 Å². The average Bonchev–Trinajstić information content (AvgIpc) is 2.67. The largest absolute Gasteiger partial charge is 0.478 e. The Kier molecular flexibility index (Phi) is 5.38. The van der Waals surface area contributed by atoms with Gasteiger partial charge in [-0.3, -0.25) is 4.72 Å². The van der Waals surface area contributed by atoms with E-state index in [1.165, 1.54) is 18.2 Å². The summed E-state index contributed by atoms with van der Waals surface area (Å²) in [6.45, 7) is 0. The fourth-order valence-electron chi connectivity index (χ4n) is 2.54. The molecular weight excluding hydrogens is 362 g/mol. The van der Waals surface area contributed by atoms with Crippen LogP contribution in [0.25, 0.3) is 17.2 Å². The highest BCUT2D eigenvalue weighted by Gasteiger charge is 2.15. The zero-order valence-electron chi connectivity index (χ0n) is 14.2. The first-order valence-electron chi connectivity index (χ1n) is 8.13. The van der Waals surface area contributed by atoms with Crippen molar-refractivity contribution in [3.05, 3.63) is 95.4 Å². The highest BCUT2D eigenvalue weighted by atomic mass is 32.2. The summed E-state index contributed by atoms with van der Waals surface area (Å²) >= 11 is 0. The molecule has 0 aliphatic heterocycles. The fraction of sp³-hybridized carbons (Fsp3) is 0. The van der Waals surface area contributed by atoms with Crippen LogP contribution in [0.4, 0.5) is 5.69 Å². The maximum atomic E-state index is 12.4.